The van der Waals surface area contributed by atoms with Gasteiger partial charge in [-0.1, -0.05) is 0 Å². The van der Waals surface area contributed by atoms with E-state index in [1.807, 2.05) is 18.2 Å². The van der Waals surface area contributed by atoms with E-state index in [1.165, 1.54) is 11.1 Å². The number of aliphatic hydroxyl groups is 1. The number of rotatable bonds is 4. The van der Waals surface area contributed by atoms with E-state index in [1.54, 1.807) is 28.4 Å². The largest absolute Gasteiger partial charge is 0.493 e. The Kier molecular flexibility index (Phi) is 4.45. The van der Waals surface area contributed by atoms with Crippen molar-refractivity contribution < 1.29 is 24.1 Å². The predicted octanol–water partition coefficient (Wildman–Crippen LogP) is 3.87. The molecule has 2 aliphatic heterocycles. The minimum atomic E-state index is -0.780. The van der Waals surface area contributed by atoms with Crippen LogP contribution in [0.1, 0.15) is 24.0 Å². The summed E-state index contributed by atoms with van der Waals surface area (Å²) in [6, 6.07) is 8.15. The monoisotopic (exact) mass is 409 g/mol. The Hall–Kier alpha value is -2.70. The minimum absolute atomic E-state index is 0.596. The number of hydrogen-bond donors (Lipinski definition) is 1. The molecule has 1 fully saturated rings. The zero-order valence-corrected chi connectivity index (χ0v) is 17.9. The lowest BCUT2D eigenvalue weighted by atomic mass is 9.83. The molecule has 3 aromatic rings. The van der Waals surface area contributed by atoms with Gasteiger partial charge < -0.3 is 24.1 Å². The van der Waals surface area contributed by atoms with Crippen molar-refractivity contribution in [3.63, 3.8) is 0 Å². The van der Waals surface area contributed by atoms with Gasteiger partial charge in [-0.3, -0.25) is 4.90 Å². The van der Waals surface area contributed by atoms with Gasteiger partial charge in [-0.2, -0.15) is 0 Å². The van der Waals surface area contributed by atoms with Crippen LogP contribution in [0, 0.1) is 0 Å². The SMILES string of the molecule is COc1cc2c3c(c4cc(OC)c(OC)cc4c2cc1OC)C[C@@]1(O)CCCN1C3. The summed E-state index contributed by atoms with van der Waals surface area (Å²) in [6.45, 7) is 1.62. The summed E-state index contributed by atoms with van der Waals surface area (Å²) < 4.78 is 22.4. The summed E-state index contributed by atoms with van der Waals surface area (Å²) in [5, 5.41) is 15.7. The Morgan fingerprint density at radius 3 is 1.70 bits per heavy atom. The van der Waals surface area contributed by atoms with Crippen molar-refractivity contribution in [3.05, 3.63) is 35.4 Å². The number of ether oxygens (including phenoxy) is 4. The standard InChI is InChI=1S/C24H27NO5/c1-27-20-8-14-15-9-21(28-2)23(30-4)11-17(15)19-13-25-7-5-6-24(25,26)12-18(19)16(14)10-22(20)29-3/h8-11,26H,5-7,12-13H2,1-4H3/t24-/m0/s1. The molecule has 158 valence electrons. The molecule has 1 N–H and O–H groups in total. The molecule has 30 heavy (non-hydrogen) atoms. The van der Waals surface area contributed by atoms with E-state index in [2.05, 4.69) is 11.0 Å². The van der Waals surface area contributed by atoms with E-state index >= 15 is 0 Å². The van der Waals surface area contributed by atoms with Crippen molar-refractivity contribution in [3.8, 4) is 23.0 Å². The van der Waals surface area contributed by atoms with Crippen molar-refractivity contribution in [1.82, 2.24) is 4.90 Å². The lowest BCUT2D eigenvalue weighted by molar-refractivity contribution is -0.0910. The summed E-state index contributed by atoms with van der Waals surface area (Å²) in [5.41, 5.74) is 1.63. The first kappa shape index (κ1) is 19.3. The third-order valence-corrected chi connectivity index (χ3v) is 6.75. The van der Waals surface area contributed by atoms with Gasteiger partial charge in [0.25, 0.3) is 0 Å². The molecule has 5 rings (SSSR count). The highest BCUT2D eigenvalue weighted by atomic mass is 16.5. The summed E-state index contributed by atoms with van der Waals surface area (Å²) >= 11 is 0. The molecule has 0 saturated carbocycles. The minimum Gasteiger partial charge on any atom is -0.493 e. The van der Waals surface area contributed by atoms with Gasteiger partial charge in [-0.15, -0.1) is 0 Å². The van der Waals surface area contributed by atoms with Crippen LogP contribution in [0.25, 0.3) is 21.5 Å². The molecule has 1 atom stereocenters. The van der Waals surface area contributed by atoms with Crippen LogP contribution in [0.4, 0.5) is 0 Å². The van der Waals surface area contributed by atoms with Crippen molar-refractivity contribution >= 4 is 21.5 Å². The second-order valence-corrected chi connectivity index (χ2v) is 8.15. The molecule has 0 aromatic heterocycles. The summed E-state index contributed by atoms with van der Waals surface area (Å²) in [7, 11) is 6.60. The normalized spacial score (nSPS) is 20.8. The second-order valence-electron chi connectivity index (χ2n) is 8.15. The maximum Gasteiger partial charge on any atom is 0.161 e. The first-order chi connectivity index (χ1) is 14.5. The van der Waals surface area contributed by atoms with Crippen molar-refractivity contribution in [2.75, 3.05) is 35.0 Å². The molecule has 6 heteroatoms. The highest BCUT2D eigenvalue weighted by Gasteiger charge is 2.43. The van der Waals surface area contributed by atoms with E-state index in [-0.39, 0.29) is 0 Å². The molecule has 0 bridgehead atoms. The van der Waals surface area contributed by atoms with E-state index in [0.717, 1.165) is 40.9 Å². The number of fused-ring (bicyclic) bond motifs is 7. The molecule has 3 aromatic carbocycles. The van der Waals surface area contributed by atoms with Gasteiger partial charge in [0, 0.05) is 19.5 Å². The van der Waals surface area contributed by atoms with Gasteiger partial charge in [0.1, 0.15) is 5.72 Å². The average Bonchev–Trinajstić information content (AvgIpc) is 3.16. The Bertz CT molecular complexity index is 1160. The third-order valence-electron chi connectivity index (χ3n) is 6.75. The van der Waals surface area contributed by atoms with Crippen LogP contribution in [0.3, 0.4) is 0 Å². The van der Waals surface area contributed by atoms with Crippen molar-refractivity contribution in [2.24, 2.45) is 0 Å². The van der Waals surface area contributed by atoms with Gasteiger partial charge in [-0.05, 0) is 69.8 Å². The van der Waals surface area contributed by atoms with Crippen molar-refractivity contribution in [2.45, 2.75) is 31.5 Å². The Balaban J connectivity index is 1.91. The molecule has 0 spiro atoms. The molecular formula is C24H27NO5. The maximum atomic E-state index is 11.3. The maximum absolute atomic E-state index is 11.3. The Labute approximate surface area is 175 Å². The van der Waals surface area contributed by atoms with Gasteiger partial charge in [0.2, 0.25) is 0 Å². The molecule has 2 heterocycles. The number of nitrogens with zero attached hydrogens (tertiary/aromatic N) is 1. The fourth-order valence-corrected chi connectivity index (χ4v) is 5.23. The lowest BCUT2D eigenvalue weighted by Gasteiger charge is -2.40. The van der Waals surface area contributed by atoms with E-state index in [9.17, 15) is 5.11 Å². The van der Waals surface area contributed by atoms with Crippen LogP contribution in [0.2, 0.25) is 0 Å². The lowest BCUT2D eigenvalue weighted by Crippen LogP contribution is -2.48. The van der Waals surface area contributed by atoms with Gasteiger partial charge in [-0.25, -0.2) is 0 Å². The van der Waals surface area contributed by atoms with Gasteiger partial charge >= 0.3 is 0 Å². The molecule has 0 unspecified atom stereocenters. The fraction of sp³-hybridized carbons (Fsp3) is 0.417. The molecule has 0 aliphatic carbocycles. The molecular weight excluding hydrogens is 382 g/mol. The zero-order valence-electron chi connectivity index (χ0n) is 17.9. The molecule has 6 nitrogen and oxygen atoms in total. The number of benzene rings is 3. The van der Waals surface area contributed by atoms with Crippen LogP contribution in [0.5, 0.6) is 23.0 Å². The Morgan fingerprint density at radius 1 is 0.733 bits per heavy atom. The van der Waals surface area contributed by atoms with Gasteiger partial charge in [0.15, 0.2) is 23.0 Å². The smallest absolute Gasteiger partial charge is 0.161 e. The first-order valence-corrected chi connectivity index (χ1v) is 10.3. The second kappa shape index (κ2) is 6.93. The fourth-order valence-electron chi connectivity index (χ4n) is 5.23. The molecule has 0 radical (unpaired) electrons. The van der Waals surface area contributed by atoms with E-state index in [4.69, 9.17) is 18.9 Å². The zero-order chi connectivity index (χ0) is 21.0. The van der Waals surface area contributed by atoms with Crippen molar-refractivity contribution in [1.29, 1.82) is 0 Å². The molecule has 2 aliphatic rings. The quantitative estimate of drug-likeness (QED) is 0.660. The number of hydrogen-bond acceptors (Lipinski definition) is 6. The van der Waals surface area contributed by atoms with Crippen LogP contribution in [-0.4, -0.2) is 50.7 Å². The average molecular weight is 409 g/mol. The summed E-state index contributed by atoms with van der Waals surface area (Å²) in [5.74, 6) is 2.76. The third kappa shape index (κ3) is 2.63. The number of methoxy groups -OCH3 is 4. The Morgan fingerprint density at radius 2 is 1.20 bits per heavy atom. The summed E-state index contributed by atoms with van der Waals surface area (Å²) in [6.07, 6.45) is 2.40. The highest BCUT2D eigenvalue weighted by Crippen LogP contribution is 2.47. The molecule has 0 amide bonds. The first-order valence-electron chi connectivity index (χ1n) is 10.3. The van der Waals surface area contributed by atoms with Crippen LogP contribution >= 0.6 is 0 Å². The topological polar surface area (TPSA) is 60.4 Å². The van der Waals surface area contributed by atoms with Crippen LogP contribution in [0.15, 0.2) is 24.3 Å². The highest BCUT2D eigenvalue weighted by molar-refractivity contribution is 6.13. The molecule has 1 saturated heterocycles. The summed E-state index contributed by atoms with van der Waals surface area (Å²) in [4.78, 5) is 2.21. The predicted molar refractivity (Wildman–Crippen MR) is 116 cm³/mol. The van der Waals surface area contributed by atoms with E-state index in [0.29, 0.717) is 36.0 Å². The van der Waals surface area contributed by atoms with Crippen LogP contribution < -0.4 is 18.9 Å². The van der Waals surface area contributed by atoms with Crippen LogP contribution in [-0.2, 0) is 13.0 Å². The van der Waals surface area contributed by atoms with Gasteiger partial charge in [0.05, 0.1) is 28.4 Å². The van der Waals surface area contributed by atoms with E-state index < -0.39 is 5.72 Å².